The monoisotopic (exact) mass is 391 g/mol. The molecule has 160 valence electrons. The van der Waals surface area contributed by atoms with Crippen LogP contribution < -0.4 is 10.6 Å². The lowest BCUT2D eigenvalue weighted by atomic mass is 9.88. The zero-order valence-corrected chi connectivity index (χ0v) is 18.3. The van der Waals surface area contributed by atoms with Crippen molar-refractivity contribution >= 4 is 11.9 Å². The number of amides is 1. The van der Waals surface area contributed by atoms with Crippen LogP contribution in [0.3, 0.4) is 0 Å². The van der Waals surface area contributed by atoms with Gasteiger partial charge in [0, 0.05) is 32.2 Å². The van der Waals surface area contributed by atoms with Crippen LogP contribution in [-0.4, -0.2) is 73.5 Å². The van der Waals surface area contributed by atoms with Gasteiger partial charge in [0.25, 0.3) is 0 Å². The number of nitrogens with zero attached hydrogens (tertiary/aromatic N) is 3. The number of piperidine rings is 1. The summed E-state index contributed by atoms with van der Waals surface area (Å²) in [5.41, 5.74) is 0. The number of hydrogen-bond acceptors (Lipinski definition) is 3. The predicted molar refractivity (Wildman–Crippen MR) is 116 cm³/mol. The van der Waals surface area contributed by atoms with E-state index in [9.17, 15) is 4.79 Å². The van der Waals surface area contributed by atoms with Crippen molar-refractivity contribution in [3.8, 4) is 0 Å². The second-order valence-electron chi connectivity index (χ2n) is 9.45. The fourth-order valence-corrected chi connectivity index (χ4v) is 4.86. The smallest absolute Gasteiger partial charge is 0.243 e. The van der Waals surface area contributed by atoms with Gasteiger partial charge in [-0.3, -0.25) is 4.79 Å². The maximum absolute atomic E-state index is 12.0. The Balaban J connectivity index is 1.49. The summed E-state index contributed by atoms with van der Waals surface area (Å²) in [6, 6.07) is 1.75. The number of carbonyl (C=O) groups excluding carboxylic acids is 1. The summed E-state index contributed by atoms with van der Waals surface area (Å²) < 4.78 is 0. The first-order valence-corrected chi connectivity index (χ1v) is 11.5. The van der Waals surface area contributed by atoms with E-state index >= 15 is 0 Å². The van der Waals surface area contributed by atoms with Crippen LogP contribution in [0.25, 0.3) is 0 Å². The highest BCUT2D eigenvalue weighted by molar-refractivity contribution is 5.85. The summed E-state index contributed by atoms with van der Waals surface area (Å²) in [7, 11) is 3.58. The zero-order chi connectivity index (χ0) is 19.9. The SMILES string of the molecule is CC1CCN(C2CCC(NC(=NCC(=O)N(C)C)NC3CCCC3)CC2)CC1. The van der Waals surface area contributed by atoms with Gasteiger partial charge in [-0.2, -0.15) is 0 Å². The highest BCUT2D eigenvalue weighted by Gasteiger charge is 2.28. The van der Waals surface area contributed by atoms with Gasteiger partial charge in [-0.05, 0) is 70.4 Å². The van der Waals surface area contributed by atoms with Crippen molar-refractivity contribution in [1.82, 2.24) is 20.4 Å². The minimum absolute atomic E-state index is 0.0514. The van der Waals surface area contributed by atoms with Crippen LogP contribution in [0.1, 0.15) is 71.1 Å². The Morgan fingerprint density at radius 3 is 2.07 bits per heavy atom. The van der Waals surface area contributed by atoms with Crippen molar-refractivity contribution in [3.05, 3.63) is 0 Å². The average Bonchev–Trinajstić information content (AvgIpc) is 3.20. The number of guanidine groups is 1. The molecule has 0 aromatic heterocycles. The van der Waals surface area contributed by atoms with Crippen LogP contribution in [0.15, 0.2) is 4.99 Å². The molecule has 6 heteroatoms. The van der Waals surface area contributed by atoms with Gasteiger partial charge >= 0.3 is 0 Å². The first-order valence-electron chi connectivity index (χ1n) is 11.5. The molecule has 0 radical (unpaired) electrons. The average molecular weight is 392 g/mol. The molecule has 2 saturated carbocycles. The molecule has 0 unspecified atom stereocenters. The molecule has 1 aliphatic heterocycles. The highest BCUT2D eigenvalue weighted by atomic mass is 16.2. The van der Waals surface area contributed by atoms with Crippen LogP contribution in [0, 0.1) is 5.92 Å². The Morgan fingerprint density at radius 2 is 1.50 bits per heavy atom. The molecule has 0 bridgehead atoms. The Kier molecular flexibility index (Phi) is 8.00. The second kappa shape index (κ2) is 10.5. The molecular formula is C22H41N5O. The molecule has 3 fully saturated rings. The highest BCUT2D eigenvalue weighted by Crippen LogP contribution is 2.27. The van der Waals surface area contributed by atoms with E-state index in [1.54, 1.807) is 19.0 Å². The Bertz CT molecular complexity index is 513. The molecule has 1 saturated heterocycles. The van der Waals surface area contributed by atoms with E-state index in [4.69, 9.17) is 0 Å². The summed E-state index contributed by atoms with van der Waals surface area (Å²) in [6.07, 6.45) is 12.7. The van der Waals surface area contributed by atoms with E-state index in [1.165, 1.54) is 77.3 Å². The summed E-state index contributed by atoms with van der Waals surface area (Å²) in [5.74, 6) is 1.80. The molecule has 1 amide bonds. The van der Waals surface area contributed by atoms with Gasteiger partial charge < -0.3 is 20.4 Å². The summed E-state index contributed by atoms with van der Waals surface area (Å²) in [4.78, 5) is 20.9. The van der Waals surface area contributed by atoms with Gasteiger partial charge in [0.1, 0.15) is 6.54 Å². The standard InChI is InChI=1S/C22H41N5O/c1-17-12-14-27(15-13-17)20-10-8-19(9-11-20)25-22(23-16-21(28)26(2)3)24-18-6-4-5-7-18/h17-20H,4-16H2,1-3H3,(H2,23,24,25). The summed E-state index contributed by atoms with van der Waals surface area (Å²) in [6.45, 7) is 5.17. The van der Waals surface area contributed by atoms with E-state index in [-0.39, 0.29) is 12.5 Å². The molecule has 3 rings (SSSR count). The molecule has 28 heavy (non-hydrogen) atoms. The number of likely N-dealkylation sites (tertiary alicyclic amines) is 1. The topological polar surface area (TPSA) is 60.0 Å². The van der Waals surface area contributed by atoms with Crippen molar-refractivity contribution in [1.29, 1.82) is 0 Å². The summed E-state index contributed by atoms with van der Waals surface area (Å²) in [5, 5.41) is 7.25. The lowest BCUT2D eigenvalue weighted by Gasteiger charge is -2.40. The van der Waals surface area contributed by atoms with E-state index in [2.05, 4.69) is 27.4 Å². The molecule has 1 heterocycles. The van der Waals surface area contributed by atoms with E-state index in [0.29, 0.717) is 12.1 Å². The van der Waals surface area contributed by atoms with E-state index in [1.807, 2.05) is 0 Å². The molecule has 2 N–H and O–H groups in total. The minimum Gasteiger partial charge on any atom is -0.354 e. The number of likely N-dealkylation sites (N-methyl/N-ethyl adjacent to an activating group) is 1. The molecule has 0 atom stereocenters. The maximum Gasteiger partial charge on any atom is 0.243 e. The molecule has 6 nitrogen and oxygen atoms in total. The van der Waals surface area contributed by atoms with Crippen molar-refractivity contribution in [2.75, 3.05) is 33.7 Å². The van der Waals surface area contributed by atoms with E-state index < -0.39 is 0 Å². The van der Waals surface area contributed by atoms with E-state index in [0.717, 1.165) is 17.9 Å². The zero-order valence-electron chi connectivity index (χ0n) is 18.3. The number of aliphatic imine (C=N–C) groups is 1. The third-order valence-corrected chi connectivity index (χ3v) is 6.94. The largest absolute Gasteiger partial charge is 0.354 e. The van der Waals surface area contributed by atoms with Crippen molar-refractivity contribution in [2.24, 2.45) is 10.9 Å². The maximum atomic E-state index is 12.0. The third-order valence-electron chi connectivity index (χ3n) is 6.94. The van der Waals surface area contributed by atoms with Gasteiger partial charge in [-0.25, -0.2) is 4.99 Å². The molecule has 0 aromatic carbocycles. The first kappa shape index (κ1) is 21.4. The lowest BCUT2D eigenvalue weighted by molar-refractivity contribution is -0.127. The van der Waals surface area contributed by atoms with Crippen LogP contribution in [-0.2, 0) is 4.79 Å². The quantitative estimate of drug-likeness (QED) is 0.559. The molecule has 3 aliphatic rings. The van der Waals surface area contributed by atoms with Crippen LogP contribution in [0.5, 0.6) is 0 Å². The minimum atomic E-state index is 0.0514. The Labute approximate surface area is 171 Å². The van der Waals surface area contributed by atoms with Crippen LogP contribution in [0.2, 0.25) is 0 Å². The normalized spacial score (nSPS) is 28.3. The number of rotatable bonds is 5. The fourth-order valence-electron chi connectivity index (χ4n) is 4.86. The van der Waals surface area contributed by atoms with Gasteiger partial charge in [-0.1, -0.05) is 19.8 Å². The molecular weight excluding hydrogens is 350 g/mol. The predicted octanol–water partition coefficient (Wildman–Crippen LogP) is 2.60. The number of nitrogens with one attached hydrogen (secondary N) is 2. The Morgan fingerprint density at radius 1 is 0.929 bits per heavy atom. The molecule has 2 aliphatic carbocycles. The Hall–Kier alpha value is -1.30. The number of hydrogen-bond donors (Lipinski definition) is 2. The van der Waals surface area contributed by atoms with Crippen LogP contribution in [0.4, 0.5) is 0 Å². The summed E-state index contributed by atoms with van der Waals surface area (Å²) >= 11 is 0. The van der Waals surface area contributed by atoms with Gasteiger partial charge in [0.05, 0.1) is 0 Å². The second-order valence-corrected chi connectivity index (χ2v) is 9.45. The molecule has 0 aromatic rings. The van der Waals surface area contributed by atoms with Crippen LogP contribution >= 0.6 is 0 Å². The van der Waals surface area contributed by atoms with Gasteiger partial charge in [0.15, 0.2) is 5.96 Å². The van der Waals surface area contributed by atoms with Crippen molar-refractivity contribution < 1.29 is 4.79 Å². The number of carbonyl (C=O) groups is 1. The first-order chi connectivity index (χ1) is 13.5. The van der Waals surface area contributed by atoms with Gasteiger partial charge in [0.2, 0.25) is 5.91 Å². The van der Waals surface area contributed by atoms with Gasteiger partial charge in [-0.15, -0.1) is 0 Å². The molecule has 0 spiro atoms. The van der Waals surface area contributed by atoms with Crippen molar-refractivity contribution in [2.45, 2.75) is 89.3 Å². The third kappa shape index (κ3) is 6.36. The lowest BCUT2D eigenvalue weighted by Crippen LogP contribution is -2.50. The van der Waals surface area contributed by atoms with Crippen molar-refractivity contribution in [3.63, 3.8) is 0 Å². The fraction of sp³-hybridized carbons (Fsp3) is 0.909.